The number of hydrogen-bond donors (Lipinski definition) is 2. The predicted octanol–water partition coefficient (Wildman–Crippen LogP) is 1.92. The lowest BCUT2D eigenvalue weighted by Crippen LogP contribution is -2.45. The first-order valence-corrected chi connectivity index (χ1v) is 11.6. The fraction of sp³-hybridized carbons (Fsp3) is 0.455. The summed E-state index contributed by atoms with van der Waals surface area (Å²) in [6.45, 7) is 7.20. The summed E-state index contributed by atoms with van der Waals surface area (Å²) in [6, 6.07) is 7.81. The maximum atomic E-state index is 12.6. The van der Waals surface area contributed by atoms with Gasteiger partial charge in [-0.2, -0.15) is 0 Å². The summed E-state index contributed by atoms with van der Waals surface area (Å²) in [4.78, 5) is 45.6. The molecule has 3 heterocycles. The topological polar surface area (TPSA) is 104 Å². The van der Waals surface area contributed by atoms with Crippen LogP contribution in [0, 0.1) is 5.92 Å². The van der Waals surface area contributed by atoms with E-state index in [-0.39, 0.29) is 24.6 Å². The van der Waals surface area contributed by atoms with Crippen LogP contribution in [0.25, 0.3) is 0 Å². The first kappa shape index (κ1) is 22.2. The zero-order valence-electron chi connectivity index (χ0n) is 18.2. The molecule has 2 N–H and O–H groups in total. The second-order valence-corrected chi connectivity index (χ2v) is 9.05. The summed E-state index contributed by atoms with van der Waals surface area (Å²) in [7, 11) is 0. The van der Waals surface area contributed by atoms with Crippen molar-refractivity contribution in [3.05, 3.63) is 40.9 Å². The molecule has 2 saturated heterocycles. The summed E-state index contributed by atoms with van der Waals surface area (Å²) in [6.07, 6.45) is 0.103. The Labute approximate surface area is 190 Å². The lowest BCUT2D eigenvalue weighted by atomic mass is 10.0. The van der Waals surface area contributed by atoms with Gasteiger partial charge in [0, 0.05) is 37.1 Å². The van der Waals surface area contributed by atoms with Gasteiger partial charge in [-0.15, -0.1) is 11.3 Å². The van der Waals surface area contributed by atoms with Gasteiger partial charge in [0.25, 0.3) is 5.91 Å². The second kappa shape index (κ2) is 9.66. The van der Waals surface area contributed by atoms with Crippen LogP contribution in [0.2, 0.25) is 0 Å². The molecule has 1 aromatic carbocycles. The molecule has 0 bridgehead atoms. The average molecular weight is 458 g/mol. The minimum atomic E-state index is -0.537. The van der Waals surface area contributed by atoms with Gasteiger partial charge >= 0.3 is 0 Å². The molecule has 0 radical (unpaired) electrons. The van der Waals surface area contributed by atoms with Crippen LogP contribution in [-0.2, 0) is 14.3 Å². The Morgan fingerprint density at radius 3 is 2.75 bits per heavy atom. The Morgan fingerprint density at radius 1 is 1.22 bits per heavy atom. The fourth-order valence-electron chi connectivity index (χ4n) is 3.74. The number of nitrogens with zero attached hydrogens (tertiary/aromatic N) is 3. The Kier molecular flexibility index (Phi) is 6.71. The molecule has 10 heteroatoms. The van der Waals surface area contributed by atoms with Gasteiger partial charge in [0.05, 0.1) is 19.1 Å². The van der Waals surface area contributed by atoms with Gasteiger partial charge in [0.2, 0.25) is 11.8 Å². The van der Waals surface area contributed by atoms with Crippen molar-refractivity contribution in [3.63, 3.8) is 0 Å². The summed E-state index contributed by atoms with van der Waals surface area (Å²) in [5.74, 6) is -1.17. The molecule has 2 aromatic rings. The van der Waals surface area contributed by atoms with Crippen molar-refractivity contribution in [2.75, 3.05) is 42.6 Å². The molecule has 9 nitrogen and oxygen atoms in total. The number of morpholine rings is 1. The number of rotatable bonds is 5. The zero-order valence-corrected chi connectivity index (χ0v) is 19.0. The number of hydrogen-bond acceptors (Lipinski definition) is 7. The van der Waals surface area contributed by atoms with E-state index in [1.54, 1.807) is 10.3 Å². The van der Waals surface area contributed by atoms with Crippen LogP contribution >= 0.6 is 11.3 Å². The quantitative estimate of drug-likeness (QED) is 0.665. The highest BCUT2D eigenvalue weighted by Gasteiger charge is 2.35. The van der Waals surface area contributed by atoms with E-state index in [0.29, 0.717) is 19.1 Å². The molecule has 0 unspecified atom stereocenters. The third-order valence-corrected chi connectivity index (χ3v) is 6.55. The third kappa shape index (κ3) is 4.91. The van der Waals surface area contributed by atoms with Crippen LogP contribution in [-0.4, -0.2) is 55.6 Å². The van der Waals surface area contributed by atoms with Gasteiger partial charge in [-0.1, -0.05) is 26.0 Å². The van der Waals surface area contributed by atoms with Gasteiger partial charge in [-0.3, -0.25) is 25.2 Å². The van der Waals surface area contributed by atoms with Crippen LogP contribution in [0.3, 0.4) is 0 Å². The van der Waals surface area contributed by atoms with E-state index in [0.717, 1.165) is 29.5 Å². The monoisotopic (exact) mass is 457 g/mol. The van der Waals surface area contributed by atoms with E-state index < -0.39 is 17.7 Å². The number of anilines is 2. The van der Waals surface area contributed by atoms with Crippen molar-refractivity contribution in [3.8, 4) is 0 Å². The number of benzene rings is 1. The number of hydrazine groups is 1. The summed E-state index contributed by atoms with van der Waals surface area (Å²) >= 11 is 1.38. The highest BCUT2D eigenvalue weighted by Crippen LogP contribution is 2.28. The van der Waals surface area contributed by atoms with Crippen molar-refractivity contribution in [2.24, 2.45) is 5.92 Å². The molecule has 4 rings (SSSR count). The van der Waals surface area contributed by atoms with Crippen molar-refractivity contribution < 1.29 is 19.1 Å². The van der Waals surface area contributed by atoms with E-state index in [4.69, 9.17) is 4.74 Å². The molecule has 0 saturated carbocycles. The first-order valence-electron chi connectivity index (χ1n) is 10.7. The Hall–Kier alpha value is -2.98. The molecular formula is C22H27N5O4S. The van der Waals surface area contributed by atoms with E-state index in [2.05, 4.69) is 34.6 Å². The summed E-state index contributed by atoms with van der Waals surface area (Å²) in [5, 5.41) is 2.42. The molecular weight excluding hydrogens is 430 g/mol. The maximum absolute atomic E-state index is 12.6. The first-order chi connectivity index (χ1) is 15.4. The normalized spacial score (nSPS) is 18.8. The number of carbonyl (C=O) groups excluding carboxylic acids is 3. The van der Waals surface area contributed by atoms with E-state index in [1.807, 2.05) is 24.3 Å². The van der Waals surface area contributed by atoms with Crippen molar-refractivity contribution in [1.82, 2.24) is 15.8 Å². The average Bonchev–Trinajstić information content (AvgIpc) is 3.45. The molecule has 32 heavy (non-hydrogen) atoms. The fourth-order valence-corrected chi connectivity index (χ4v) is 4.60. The number of carbonyl (C=O) groups is 3. The number of thiazole rings is 1. The number of aromatic nitrogens is 1. The highest BCUT2D eigenvalue weighted by molar-refractivity contribution is 7.13. The molecule has 2 aliphatic heterocycles. The number of amides is 3. The van der Waals surface area contributed by atoms with E-state index >= 15 is 0 Å². The standard InChI is InChI=1S/C22H27N5O4S/c1-14(2)15-4-3-5-17(10-15)27-12-16(11-19(27)28)20(29)24-25-21(30)18-13-32-22(23-18)26-6-8-31-9-7-26/h3-5,10,13-14,16H,6-9,11-12H2,1-2H3,(H,24,29)(H,25,30)/t16-/m1/s1. The van der Waals surface area contributed by atoms with Crippen LogP contribution < -0.4 is 20.7 Å². The SMILES string of the molecule is CC(C)c1cccc(N2C[C@H](C(=O)NNC(=O)c3csc(N4CCOCC4)n3)CC2=O)c1. The molecule has 1 atom stereocenters. The van der Waals surface area contributed by atoms with Crippen molar-refractivity contribution in [2.45, 2.75) is 26.2 Å². The third-order valence-electron chi connectivity index (χ3n) is 5.65. The second-order valence-electron chi connectivity index (χ2n) is 8.21. The van der Waals surface area contributed by atoms with Gasteiger partial charge < -0.3 is 14.5 Å². The summed E-state index contributed by atoms with van der Waals surface area (Å²) in [5.41, 5.74) is 7.03. The van der Waals surface area contributed by atoms with Crippen LogP contribution in [0.1, 0.15) is 42.2 Å². The van der Waals surface area contributed by atoms with Gasteiger partial charge in [-0.05, 0) is 23.6 Å². The lowest BCUT2D eigenvalue weighted by Gasteiger charge is -2.25. The van der Waals surface area contributed by atoms with Gasteiger partial charge in [0.15, 0.2) is 5.13 Å². The maximum Gasteiger partial charge on any atom is 0.289 e. The van der Waals surface area contributed by atoms with E-state index in [1.165, 1.54) is 11.3 Å². The van der Waals surface area contributed by atoms with E-state index in [9.17, 15) is 14.4 Å². The van der Waals surface area contributed by atoms with Gasteiger partial charge in [-0.25, -0.2) is 4.98 Å². The van der Waals surface area contributed by atoms with Crippen molar-refractivity contribution >= 4 is 39.9 Å². The molecule has 170 valence electrons. The molecule has 0 spiro atoms. The van der Waals surface area contributed by atoms with Crippen LogP contribution in [0.4, 0.5) is 10.8 Å². The largest absolute Gasteiger partial charge is 0.378 e. The molecule has 0 aliphatic carbocycles. The molecule has 3 amide bonds. The van der Waals surface area contributed by atoms with Gasteiger partial charge in [0.1, 0.15) is 5.69 Å². The minimum Gasteiger partial charge on any atom is -0.378 e. The molecule has 1 aromatic heterocycles. The Morgan fingerprint density at radius 2 is 2.00 bits per heavy atom. The van der Waals surface area contributed by atoms with Crippen molar-refractivity contribution in [1.29, 1.82) is 0 Å². The minimum absolute atomic E-state index is 0.103. The lowest BCUT2D eigenvalue weighted by molar-refractivity contribution is -0.126. The predicted molar refractivity (Wildman–Crippen MR) is 122 cm³/mol. The zero-order chi connectivity index (χ0) is 22.7. The number of nitrogens with one attached hydrogen (secondary N) is 2. The summed E-state index contributed by atoms with van der Waals surface area (Å²) < 4.78 is 5.33. The molecule has 2 aliphatic rings. The highest BCUT2D eigenvalue weighted by atomic mass is 32.1. The van der Waals surface area contributed by atoms with Crippen LogP contribution in [0.5, 0.6) is 0 Å². The van der Waals surface area contributed by atoms with Crippen LogP contribution in [0.15, 0.2) is 29.6 Å². The smallest absolute Gasteiger partial charge is 0.289 e. The Balaban J connectivity index is 1.32. The number of ether oxygens (including phenoxy) is 1. The Bertz CT molecular complexity index is 1000. The molecule has 2 fully saturated rings.